The first-order valence-electron chi connectivity index (χ1n) is 11.5. The van der Waals surface area contributed by atoms with E-state index in [4.69, 9.17) is 10.5 Å². The number of rotatable bonds is 6. The number of carbonyl (C=O) groups is 2. The van der Waals surface area contributed by atoms with Crippen molar-refractivity contribution in [1.82, 2.24) is 19.7 Å². The Kier molecular flexibility index (Phi) is 6.04. The molecule has 196 valence electrons. The molecule has 0 fully saturated rings. The summed E-state index contributed by atoms with van der Waals surface area (Å²) in [6, 6.07) is 9.02. The van der Waals surface area contributed by atoms with E-state index in [2.05, 4.69) is 15.3 Å². The Hall–Kier alpha value is -4.48. The number of fused-ring (bicyclic) bond motifs is 2. The number of pyridine rings is 2. The van der Waals surface area contributed by atoms with E-state index >= 15 is 0 Å². The van der Waals surface area contributed by atoms with Gasteiger partial charge in [-0.2, -0.15) is 13.2 Å². The fourth-order valence-corrected chi connectivity index (χ4v) is 4.33. The van der Waals surface area contributed by atoms with Crippen LogP contribution >= 0.6 is 0 Å². The maximum absolute atomic E-state index is 14.3. The van der Waals surface area contributed by atoms with Crippen LogP contribution in [0.2, 0.25) is 0 Å². The molecule has 0 saturated heterocycles. The molecule has 0 bridgehead atoms. The molecule has 3 aromatic heterocycles. The third-order valence-electron chi connectivity index (χ3n) is 6.63. The Morgan fingerprint density at radius 3 is 2.61 bits per heavy atom. The molecule has 0 radical (unpaired) electrons. The minimum atomic E-state index is -4.82. The molecule has 1 aliphatic rings. The van der Waals surface area contributed by atoms with Crippen LogP contribution in [0.4, 0.5) is 17.6 Å². The molecule has 1 aliphatic heterocycles. The molecule has 4 aromatic rings. The number of carbonyl (C=O) groups excluding carboxylic acids is 2. The molecule has 8 nitrogen and oxygen atoms in total. The normalized spacial score (nSPS) is 17.6. The number of halogens is 4. The molecular formula is C26H21F4N5O3. The van der Waals surface area contributed by atoms with E-state index < -0.39 is 47.4 Å². The van der Waals surface area contributed by atoms with Gasteiger partial charge >= 0.3 is 6.18 Å². The number of ether oxygens (including phenoxy) is 1. The molecule has 0 unspecified atom stereocenters. The van der Waals surface area contributed by atoms with E-state index in [1.54, 1.807) is 16.8 Å². The van der Waals surface area contributed by atoms with Crippen molar-refractivity contribution in [3.05, 3.63) is 83.7 Å². The molecule has 2 atom stereocenters. The predicted molar refractivity (Wildman–Crippen MR) is 128 cm³/mol. The minimum absolute atomic E-state index is 0.00723. The van der Waals surface area contributed by atoms with E-state index in [0.717, 1.165) is 18.2 Å². The molecule has 4 heterocycles. The number of nitrogens with zero attached hydrogens (tertiary/aromatic N) is 3. The van der Waals surface area contributed by atoms with Gasteiger partial charge in [-0.1, -0.05) is 0 Å². The highest BCUT2D eigenvalue weighted by Gasteiger charge is 2.47. The monoisotopic (exact) mass is 527 g/mol. The van der Waals surface area contributed by atoms with Crippen LogP contribution in [0.1, 0.15) is 34.5 Å². The SMILES string of the molecule is C[C@]1(C(N)=O)COc2c1cc([C@@H](CNC(=O)c1ccn3ccnc3c1)C(F)(F)F)nc2-c1ccc(F)cc1. The standard InChI is InChI=1S/C26H21F4N5O3/c1-25(24(31)37)13-38-22-17(25)11-19(34-21(22)14-2-4-16(27)5-3-14)18(26(28,29)30)12-33-23(36)15-6-8-35-9-7-32-20(35)10-15/h2-11,18H,12-13H2,1H3,(H2,31,37)(H,33,36)/t18-,25+/m1/s1. The van der Waals surface area contributed by atoms with Gasteiger partial charge in [0.2, 0.25) is 5.91 Å². The van der Waals surface area contributed by atoms with Crippen LogP contribution < -0.4 is 15.8 Å². The van der Waals surface area contributed by atoms with Gasteiger partial charge < -0.3 is 20.2 Å². The highest BCUT2D eigenvalue weighted by molar-refractivity contribution is 5.95. The average Bonchev–Trinajstić information content (AvgIpc) is 3.48. The molecule has 5 rings (SSSR count). The van der Waals surface area contributed by atoms with Crippen LogP contribution in [0.3, 0.4) is 0 Å². The van der Waals surface area contributed by atoms with Gasteiger partial charge in [0, 0.05) is 41.8 Å². The minimum Gasteiger partial charge on any atom is -0.489 e. The number of aromatic nitrogens is 3. The number of imidazole rings is 1. The summed E-state index contributed by atoms with van der Waals surface area (Å²) < 4.78 is 63.9. The first kappa shape index (κ1) is 25.2. The van der Waals surface area contributed by atoms with Gasteiger partial charge in [0.05, 0.1) is 5.69 Å². The highest BCUT2D eigenvalue weighted by atomic mass is 19.4. The number of nitrogens with one attached hydrogen (secondary N) is 1. The number of hydrogen-bond donors (Lipinski definition) is 2. The lowest BCUT2D eigenvalue weighted by atomic mass is 9.82. The first-order chi connectivity index (χ1) is 18.0. The quantitative estimate of drug-likeness (QED) is 0.371. The fraction of sp³-hybridized carbons (Fsp3) is 0.231. The Bertz CT molecular complexity index is 1550. The fourth-order valence-electron chi connectivity index (χ4n) is 4.33. The summed E-state index contributed by atoms with van der Waals surface area (Å²) in [5, 5.41) is 2.33. The van der Waals surface area contributed by atoms with E-state index in [1.807, 2.05) is 0 Å². The maximum atomic E-state index is 14.3. The maximum Gasteiger partial charge on any atom is 0.398 e. The third-order valence-corrected chi connectivity index (χ3v) is 6.63. The van der Waals surface area contributed by atoms with Crippen LogP contribution in [0.15, 0.2) is 61.1 Å². The van der Waals surface area contributed by atoms with Gasteiger partial charge in [-0.25, -0.2) is 14.4 Å². The zero-order valence-electron chi connectivity index (χ0n) is 19.9. The van der Waals surface area contributed by atoms with Crippen molar-refractivity contribution < 1.29 is 31.9 Å². The number of primary amides is 1. The van der Waals surface area contributed by atoms with Crippen molar-refractivity contribution in [2.45, 2.75) is 24.4 Å². The molecule has 1 aromatic carbocycles. The topological polar surface area (TPSA) is 112 Å². The van der Waals surface area contributed by atoms with Crippen LogP contribution in [0.5, 0.6) is 5.75 Å². The lowest BCUT2D eigenvalue weighted by Crippen LogP contribution is -2.40. The molecule has 12 heteroatoms. The number of nitrogens with two attached hydrogens (primary N) is 1. The third kappa shape index (κ3) is 4.42. The molecule has 3 N–H and O–H groups in total. The number of benzene rings is 1. The summed E-state index contributed by atoms with van der Waals surface area (Å²) in [4.78, 5) is 33.3. The van der Waals surface area contributed by atoms with Crippen molar-refractivity contribution in [2.75, 3.05) is 13.2 Å². The summed E-state index contributed by atoms with van der Waals surface area (Å²) in [7, 11) is 0. The lowest BCUT2D eigenvalue weighted by Gasteiger charge is -2.24. The summed E-state index contributed by atoms with van der Waals surface area (Å²) in [5.41, 5.74) is 4.75. The van der Waals surface area contributed by atoms with Crippen molar-refractivity contribution in [3.8, 4) is 17.0 Å². The summed E-state index contributed by atoms with van der Waals surface area (Å²) >= 11 is 0. The molecule has 0 saturated carbocycles. The second-order valence-corrected chi connectivity index (χ2v) is 9.18. The smallest absolute Gasteiger partial charge is 0.398 e. The van der Waals surface area contributed by atoms with Gasteiger partial charge in [-0.15, -0.1) is 0 Å². The van der Waals surface area contributed by atoms with Crippen molar-refractivity contribution in [1.29, 1.82) is 0 Å². The largest absolute Gasteiger partial charge is 0.489 e. The predicted octanol–water partition coefficient (Wildman–Crippen LogP) is 3.75. The van der Waals surface area contributed by atoms with E-state index in [0.29, 0.717) is 5.65 Å². The van der Waals surface area contributed by atoms with E-state index in [9.17, 15) is 27.2 Å². The summed E-state index contributed by atoms with van der Waals surface area (Å²) in [5.74, 6) is -4.20. The van der Waals surface area contributed by atoms with Crippen LogP contribution in [0, 0.1) is 5.82 Å². The lowest BCUT2D eigenvalue weighted by molar-refractivity contribution is -0.149. The molecule has 2 amide bonds. The Morgan fingerprint density at radius 1 is 1.18 bits per heavy atom. The van der Waals surface area contributed by atoms with E-state index in [1.165, 1.54) is 37.4 Å². The average molecular weight is 527 g/mol. The van der Waals surface area contributed by atoms with Crippen molar-refractivity contribution in [2.24, 2.45) is 5.73 Å². The highest BCUT2D eigenvalue weighted by Crippen LogP contribution is 2.46. The second kappa shape index (κ2) is 9.12. The van der Waals surface area contributed by atoms with Crippen molar-refractivity contribution >= 4 is 17.5 Å². The Labute approximate surface area is 213 Å². The second-order valence-electron chi connectivity index (χ2n) is 9.18. The molecule has 38 heavy (non-hydrogen) atoms. The van der Waals surface area contributed by atoms with Gasteiger partial charge in [0.15, 0.2) is 0 Å². The van der Waals surface area contributed by atoms with Crippen LogP contribution in [-0.4, -0.2) is 45.5 Å². The molecule has 0 spiro atoms. The summed E-state index contributed by atoms with van der Waals surface area (Å²) in [6.45, 7) is 0.445. The van der Waals surface area contributed by atoms with E-state index in [-0.39, 0.29) is 34.7 Å². The molecular weight excluding hydrogens is 506 g/mol. The number of hydrogen-bond acceptors (Lipinski definition) is 5. The zero-order valence-corrected chi connectivity index (χ0v) is 19.9. The Balaban J connectivity index is 1.54. The van der Waals surface area contributed by atoms with Gasteiger partial charge in [-0.3, -0.25) is 9.59 Å². The van der Waals surface area contributed by atoms with Gasteiger partial charge in [0.25, 0.3) is 5.91 Å². The van der Waals surface area contributed by atoms with Gasteiger partial charge in [-0.05, 0) is 49.4 Å². The van der Waals surface area contributed by atoms with Crippen molar-refractivity contribution in [3.63, 3.8) is 0 Å². The van der Waals surface area contributed by atoms with Crippen LogP contribution in [0.25, 0.3) is 16.9 Å². The number of alkyl halides is 3. The Morgan fingerprint density at radius 2 is 1.92 bits per heavy atom. The summed E-state index contributed by atoms with van der Waals surface area (Å²) in [6.07, 6.45) is -0.0542. The molecule has 0 aliphatic carbocycles. The van der Waals surface area contributed by atoms with Gasteiger partial charge in [0.1, 0.15) is 40.8 Å². The van der Waals surface area contributed by atoms with Crippen LogP contribution in [-0.2, 0) is 10.2 Å². The zero-order chi connectivity index (χ0) is 27.2. The first-order valence-corrected chi connectivity index (χ1v) is 11.5. The number of amides is 2.